The number of ether oxygens (including phenoxy) is 3. The van der Waals surface area contributed by atoms with E-state index in [4.69, 9.17) is 19.3 Å². The van der Waals surface area contributed by atoms with E-state index in [1.807, 2.05) is 31.2 Å². The fourth-order valence-electron chi connectivity index (χ4n) is 3.96. The molecule has 0 aliphatic carbocycles. The zero-order valence-corrected chi connectivity index (χ0v) is 17.2. The van der Waals surface area contributed by atoms with Gasteiger partial charge in [0.15, 0.2) is 11.5 Å². The van der Waals surface area contributed by atoms with Gasteiger partial charge in [0.1, 0.15) is 5.75 Å². The minimum absolute atomic E-state index is 0.111. The Hall–Kier alpha value is -2.99. The molecule has 2 atom stereocenters. The number of hydrogen-bond acceptors (Lipinski definition) is 6. The summed E-state index contributed by atoms with van der Waals surface area (Å²) in [5.74, 6) is 2.45. The van der Waals surface area contributed by atoms with Crippen LogP contribution in [0.1, 0.15) is 42.3 Å². The van der Waals surface area contributed by atoms with Gasteiger partial charge in [-0.15, -0.1) is 0 Å². The van der Waals surface area contributed by atoms with Gasteiger partial charge in [-0.05, 0) is 59.6 Å². The summed E-state index contributed by atoms with van der Waals surface area (Å²) in [5.41, 5.74) is 4.38. The summed E-state index contributed by atoms with van der Waals surface area (Å²) in [6, 6.07) is 16.4. The molecule has 0 spiro atoms. The predicted octanol–water partition coefficient (Wildman–Crippen LogP) is 5.40. The molecule has 5 rings (SSSR count). The van der Waals surface area contributed by atoms with Crippen LogP contribution < -0.4 is 14.2 Å². The van der Waals surface area contributed by atoms with Crippen LogP contribution in [0.5, 0.6) is 17.2 Å². The minimum Gasteiger partial charge on any atom is -0.494 e. The summed E-state index contributed by atoms with van der Waals surface area (Å²) in [6.07, 6.45) is 0.549. The smallest absolute Gasteiger partial charge is 0.214 e. The van der Waals surface area contributed by atoms with Crippen LogP contribution in [0.25, 0.3) is 0 Å². The van der Waals surface area contributed by atoms with Crippen LogP contribution in [0, 0.1) is 0 Å². The molecule has 148 valence electrons. The topological polar surface area (TPSA) is 43.3 Å². The number of thiophene rings is 1. The molecule has 29 heavy (non-hydrogen) atoms. The van der Waals surface area contributed by atoms with Gasteiger partial charge in [0.25, 0.3) is 0 Å². The lowest BCUT2D eigenvalue weighted by molar-refractivity contribution is -0.0206. The number of benzene rings is 2. The summed E-state index contributed by atoms with van der Waals surface area (Å²) in [5, 5.41) is 11.3. The van der Waals surface area contributed by atoms with Gasteiger partial charge in [-0.1, -0.05) is 12.1 Å². The maximum atomic E-state index is 6.43. The molecule has 5 nitrogen and oxygen atoms in total. The fraction of sp³-hybridized carbons (Fsp3) is 0.261. The van der Waals surface area contributed by atoms with E-state index in [1.165, 1.54) is 0 Å². The first-order chi connectivity index (χ1) is 14.3. The van der Waals surface area contributed by atoms with Crippen molar-refractivity contribution in [3.63, 3.8) is 0 Å². The maximum Gasteiger partial charge on any atom is 0.214 e. The highest BCUT2D eigenvalue weighted by molar-refractivity contribution is 7.07. The Morgan fingerprint density at radius 1 is 1.17 bits per heavy atom. The highest BCUT2D eigenvalue weighted by atomic mass is 32.1. The quantitative estimate of drug-likeness (QED) is 0.569. The molecule has 0 bridgehead atoms. The average molecular weight is 407 g/mol. The van der Waals surface area contributed by atoms with E-state index in [2.05, 4.69) is 40.0 Å². The SMILES string of the molecule is CCOc1ccc(C2=NN3[C@H](C2)c2cccc(OC)c2O[C@@H]3c2ccsc2)cc1. The molecule has 0 amide bonds. The Bertz CT molecular complexity index is 1030. The summed E-state index contributed by atoms with van der Waals surface area (Å²) in [7, 11) is 1.68. The van der Waals surface area contributed by atoms with Crippen molar-refractivity contribution in [1.29, 1.82) is 0 Å². The summed E-state index contributed by atoms with van der Waals surface area (Å²) >= 11 is 1.66. The standard InChI is InChI=1S/C23H22N2O3S/c1-3-27-17-9-7-15(8-10-17)19-13-20-18-5-4-6-21(26-2)22(18)28-23(25(20)24-19)16-11-12-29-14-16/h4-12,14,20,23H,3,13H2,1-2H3/t20-,23-/m1/s1. The summed E-state index contributed by atoms with van der Waals surface area (Å²) in [6.45, 7) is 2.65. The van der Waals surface area contributed by atoms with Gasteiger partial charge in [-0.3, -0.25) is 0 Å². The van der Waals surface area contributed by atoms with Gasteiger partial charge in [0.05, 0.1) is 25.5 Å². The van der Waals surface area contributed by atoms with Crippen LogP contribution >= 0.6 is 11.3 Å². The van der Waals surface area contributed by atoms with Gasteiger partial charge in [0, 0.05) is 17.5 Å². The van der Waals surface area contributed by atoms with Crippen molar-refractivity contribution < 1.29 is 14.2 Å². The second kappa shape index (κ2) is 7.44. The van der Waals surface area contributed by atoms with Crippen LogP contribution in [0.15, 0.2) is 64.4 Å². The number of nitrogens with zero attached hydrogens (tertiary/aromatic N) is 2. The van der Waals surface area contributed by atoms with Crippen molar-refractivity contribution in [2.24, 2.45) is 5.10 Å². The first-order valence-corrected chi connectivity index (χ1v) is 10.7. The minimum atomic E-state index is -0.268. The molecule has 3 aromatic rings. The summed E-state index contributed by atoms with van der Waals surface area (Å²) < 4.78 is 17.6. The maximum absolute atomic E-state index is 6.43. The number of hydrazone groups is 1. The number of rotatable bonds is 5. The Balaban J connectivity index is 1.54. The van der Waals surface area contributed by atoms with Crippen molar-refractivity contribution in [1.82, 2.24) is 5.01 Å². The first-order valence-electron chi connectivity index (χ1n) is 9.73. The van der Waals surface area contributed by atoms with Gasteiger partial charge in [0.2, 0.25) is 6.23 Å². The molecule has 0 saturated heterocycles. The molecule has 0 N–H and O–H groups in total. The third-order valence-electron chi connectivity index (χ3n) is 5.33. The molecular formula is C23H22N2O3S. The Kier molecular flexibility index (Phi) is 4.64. The third kappa shape index (κ3) is 3.13. The second-order valence-corrected chi connectivity index (χ2v) is 7.79. The van der Waals surface area contributed by atoms with E-state index in [-0.39, 0.29) is 12.3 Å². The first kappa shape index (κ1) is 18.1. The monoisotopic (exact) mass is 406 g/mol. The zero-order valence-electron chi connectivity index (χ0n) is 16.4. The molecule has 0 radical (unpaired) electrons. The van der Waals surface area contributed by atoms with Crippen molar-refractivity contribution in [2.45, 2.75) is 25.6 Å². The van der Waals surface area contributed by atoms with Gasteiger partial charge in [-0.25, -0.2) is 5.01 Å². The van der Waals surface area contributed by atoms with E-state index in [0.717, 1.165) is 46.1 Å². The van der Waals surface area contributed by atoms with Crippen LogP contribution in [0.3, 0.4) is 0 Å². The molecule has 0 fully saturated rings. The molecule has 0 saturated carbocycles. The molecule has 1 aromatic heterocycles. The van der Waals surface area contributed by atoms with E-state index in [0.29, 0.717) is 6.61 Å². The van der Waals surface area contributed by atoms with Crippen LogP contribution in [0.4, 0.5) is 0 Å². The molecule has 3 heterocycles. The lowest BCUT2D eigenvalue weighted by atomic mass is 9.96. The molecule has 2 aromatic carbocycles. The van der Waals surface area contributed by atoms with Crippen LogP contribution in [0.2, 0.25) is 0 Å². The van der Waals surface area contributed by atoms with Gasteiger partial charge in [-0.2, -0.15) is 16.4 Å². The number of hydrogen-bond donors (Lipinski definition) is 0. The van der Waals surface area contributed by atoms with Crippen molar-refractivity contribution in [2.75, 3.05) is 13.7 Å². The van der Waals surface area contributed by atoms with Crippen molar-refractivity contribution in [3.8, 4) is 17.2 Å². The number of para-hydroxylation sites is 1. The lowest BCUT2D eigenvalue weighted by Gasteiger charge is -2.38. The summed E-state index contributed by atoms with van der Waals surface area (Å²) in [4.78, 5) is 0. The highest BCUT2D eigenvalue weighted by Gasteiger charge is 2.42. The zero-order chi connectivity index (χ0) is 19.8. The fourth-order valence-corrected chi connectivity index (χ4v) is 4.63. The molecule has 2 aliphatic rings. The van der Waals surface area contributed by atoms with E-state index in [9.17, 15) is 0 Å². The van der Waals surface area contributed by atoms with Crippen molar-refractivity contribution in [3.05, 3.63) is 76.0 Å². The largest absolute Gasteiger partial charge is 0.494 e. The molecule has 0 unspecified atom stereocenters. The second-order valence-electron chi connectivity index (χ2n) is 7.01. The van der Waals surface area contributed by atoms with E-state index < -0.39 is 0 Å². The van der Waals surface area contributed by atoms with Crippen LogP contribution in [-0.2, 0) is 0 Å². The van der Waals surface area contributed by atoms with E-state index in [1.54, 1.807) is 18.4 Å². The normalized spacial score (nSPS) is 19.8. The Labute approximate surface area is 174 Å². The van der Waals surface area contributed by atoms with Gasteiger partial charge < -0.3 is 14.2 Å². The number of methoxy groups -OCH3 is 1. The van der Waals surface area contributed by atoms with Gasteiger partial charge >= 0.3 is 0 Å². The van der Waals surface area contributed by atoms with Crippen molar-refractivity contribution >= 4 is 17.0 Å². The lowest BCUT2D eigenvalue weighted by Crippen LogP contribution is -2.33. The molecule has 2 aliphatic heterocycles. The predicted molar refractivity (Wildman–Crippen MR) is 114 cm³/mol. The third-order valence-corrected chi connectivity index (χ3v) is 6.03. The average Bonchev–Trinajstić information content (AvgIpc) is 3.44. The Morgan fingerprint density at radius 2 is 2.03 bits per heavy atom. The molecular weight excluding hydrogens is 384 g/mol. The Morgan fingerprint density at radius 3 is 2.76 bits per heavy atom. The van der Waals surface area contributed by atoms with E-state index >= 15 is 0 Å². The number of fused-ring (bicyclic) bond motifs is 3. The molecule has 6 heteroatoms. The van der Waals surface area contributed by atoms with Crippen LogP contribution in [-0.4, -0.2) is 24.4 Å². The highest BCUT2D eigenvalue weighted by Crippen LogP contribution is 2.50.